The summed E-state index contributed by atoms with van der Waals surface area (Å²) in [5.74, 6) is 1.72. The van der Waals surface area contributed by atoms with Gasteiger partial charge in [-0.25, -0.2) is 4.98 Å². The van der Waals surface area contributed by atoms with Crippen LogP contribution in [-0.2, 0) is 31.9 Å². The van der Waals surface area contributed by atoms with Crippen LogP contribution in [0.15, 0.2) is 164 Å². The zero-order valence-corrected chi connectivity index (χ0v) is 37.9. The van der Waals surface area contributed by atoms with Crippen molar-refractivity contribution in [1.82, 2.24) is 14.5 Å². The SMILES string of the molecule is CC(C)(C)c1ccnc(-n2c3[c-]c(Oc4[c-]c(N5[CH-]N(c6c(-c7ccccc7)cc(C(C)(C)C)cc6-c6ccccc6)c6ccccc65)ccn4)ccc3c3ccccc32)c1.[Pt]. The average Bonchev–Trinajstić information content (AvgIpc) is 3.82. The number of ether oxygens (including phenoxy) is 1. The van der Waals surface area contributed by atoms with Crippen LogP contribution in [0, 0.1) is 18.8 Å². The van der Waals surface area contributed by atoms with Gasteiger partial charge >= 0.3 is 0 Å². The van der Waals surface area contributed by atoms with E-state index in [1.807, 2.05) is 18.3 Å². The fraction of sp³-hybridized carbons (Fsp3) is 0.145. The Morgan fingerprint density at radius 3 is 1.81 bits per heavy atom. The van der Waals surface area contributed by atoms with E-state index in [-0.39, 0.29) is 31.9 Å². The van der Waals surface area contributed by atoms with E-state index in [9.17, 15) is 0 Å². The summed E-state index contributed by atoms with van der Waals surface area (Å²) in [7, 11) is 0. The van der Waals surface area contributed by atoms with Crippen LogP contribution in [0.25, 0.3) is 49.9 Å². The molecule has 0 amide bonds. The van der Waals surface area contributed by atoms with E-state index in [2.05, 4.69) is 219 Å². The Kier molecular flexibility index (Phi) is 10.6. The minimum Gasteiger partial charge on any atom is -0.503 e. The monoisotopic (exact) mass is 987 g/mol. The van der Waals surface area contributed by atoms with Gasteiger partial charge < -0.3 is 19.1 Å². The first-order valence-corrected chi connectivity index (χ1v) is 20.8. The molecule has 10 rings (SSSR count). The first-order valence-electron chi connectivity index (χ1n) is 20.8. The fourth-order valence-electron chi connectivity index (χ4n) is 8.32. The number of fused-ring (bicyclic) bond motifs is 4. The summed E-state index contributed by atoms with van der Waals surface area (Å²) in [6.07, 6.45) is 3.67. The van der Waals surface area contributed by atoms with Crippen LogP contribution in [0.3, 0.4) is 0 Å². The number of pyridine rings is 2. The van der Waals surface area contributed by atoms with Gasteiger partial charge in [0.25, 0.3) is 0 Å². The third-order valence-electron chi connectivity index (χ3n) is 11.5. The minimum atomic E-state index is -0.0700. The maximum Gasteiger partial charge on any atom is 0.135 e. The number of benzene rings is 6. The van der Waals surface area contributed by atoms with E-state index < -0.39 is 0 Å². The average molecular weight is 988 g/mol. The van der Waals surface area contributed by atoms with Gasteiger partial charge in [-0.3, -0.25) is 4.98 Å². The molecule has 6 nitrogen and oxygen atoms in total. The molecule has 0 aliphatic carbocycles. The molecule has 310 valence electrons. The summed E-state index contributed by atoms with van der Waals surface area (Å²) in [5, 5.41) is 2.20. The summed E-state index contributed by atoms with van der Waals surface area (Å²) in [4.78, 5) is 14.0. The molecular formula is C55H46N5OPt-3. The van der Waals surface area contributed by atoms with Crippen molar-refractivity contribution in [1.29, 1.82) is 0 Å². The number of rotatable bonds is 7. The molecule has 0 saturated carbocycles. The molecule has 0 spiro atoms. The molecule has 1 aliphatic heterocycles. The number of nitrogens with zero attached hydrogens (tertiary/aromatic N) is 5. The quantitative estimate of drug-likeness (QED) is 0.149. The van der Waals surface area contributed by atoms with Gasteiger partial charge in [-0.1, -0.05) is 138 Å². The van der Waals surface area contributed by atoms with Crippen molar-refractivity contribution in [2.24, 2.45) is 0 Å². The zero-order valence-electron chi connectivity index (χ0n) is 35.6. The second-order valence-electron chi connectivity index (χ2n) is 17.7. The van der Waals surface area contributed by atoms with Crippen LogP contribution >= 0.6 is 0 Å². The van der Waals surface area contributed by atoms with Gasteiger partial charge in [-0.15, -0.1) is 24.2 Å². The number of hydrogen-bond acceptors (Lipinski definition) is 5. The minimum absolute atomic E-state index is 0. The van der Waals surface area contributed by atoms with Crippen LogP contribution in [-0.4, -0.2) is 14.5 Å². The molecule has 0 radical (unpaired) electrons. The van der Waals surface area contributed by atoms with Gasteiger partial charge in [-0.2, -0.15) is 23.9 Å². The zero-order chi connectivity index (χ0) is 41.9. The molecule has 0 unspecified atom stereocenters. The van der Waals surface area contributed by atoms with Crippen LogP contribution in [0.5, 0.6) is 11.6 Å². The first kappa shape index (κ1) is 40.9. The molecule has 3 aromatic heterocycles. The topological polar surface area (TPSA) is 46.4 Å². The van der Waals surface area contributed by atoms with Crippen LogP contribution in [0.1, 0.15) is 52.7 Å². The van der Waals surface area contributed by atoms with E-state index in [0.717, 1.165) is 72.6 Å². The second kappa shape index (κ2) is 16.1. The molecule has 0 fully saturated rings. The Labute approximate surface area is 378 Å². The van der Waals surface area contributed by atoms with Crippen molar-refractivity contribution in [2.75, 3.05) is 9.80 Å². The van der Waals surface area contributed by atoms with Gasteiger partial charge in [-0.05, 0) is 87.1 Å². The van der Waals surface area contributed by atoms with E-state index in [1.165, 1.54) is 11.1 Å². The normalized spacial score (nSPS) is 12.7. The predicted molar refractivity (Wildman–Crippen MR) is 250 cm³/mol. The van der Waals surface area contributed by atoms with E-state index in [4.69, 9.17) is 9.72 Å². The maximum atomic E-state index is 6.54. The summed E-state index contributed by atoms with van der Waals surface area (Å²) >= 11 is 0. The molecule has 4 heterocycles. The van der Waals surface area contributed by atoms with Crippen molar-refractivity contribution in [3.05, 3.63) is 194 Å². The summed E-state index contributed by atoms with van der Waals surface area (Å²) < 4.78 is 8.71. The molecule has 6 aromatic carbocycles. The Hall–Kier alpha value is -6.49. The largest absolute Gasteiger partial charge is 0.503 e. The number of para-hydroxylation sites is 3. The van der Waals surface area contributed by atoms with Crippen molar-refractivity contribution >= 4 is 44.6 Å². The molecule has 62 heavy (non-hydrogen) atoms. The number of aromatic nitrogens is 3. The predicted octanol–water partition coefficient (Wildman–Crippen LogP) is 14.3. The third kappa shape index (κ3) is 7.47. The van der Waals surface area contributed by atoms with Crippen LogP contribution in [0.2, 0.25) is 0 Å². The molecule has 1 aliphatic rings. The molecule has 0 atom stereocenters. The van der Waals surface area contributed by atoms with Crippen molar-refractivity contribution in [2.45, 2.75) is 52.4 Å². The molecule has 7 heteroatoms. The standard InChI is InChI=1S/C55H46N5O.Pt/c1-54(2,3)39-27-29-56-51(33-39)60-47-22-14-13-21-43(47)44-26-25-42(35-50(44)60)61-52-34-41(28-30-57-52)58-36-59(49-24-16-15-23-48(49)58)53-45(37-17-9-7-10-18-37)31-40(55(4,5)6)32-46(53)38-19-11-8-12-20-38;/h7-33,36H,1-6H3;/q-3;. The Bertz CT molecular complexity index is 3010. The fourth-order valence-corrected chi connectivity index (χ4v) is 8.32. The molecular weight excluding hydrogens is 942 g/mol. The van der Waals surface area contributed by atoms with Crippen LogP contribution < -0.4 is 14.5 Å². The Morgan fingerprint density at radius 2 is 1.15 bits per heavy atom. The van der Waals surface area contributed by atoms with Crippen molar-refractivity contribution < 1.29 is 25.8 Å². The van der Waals surface area contributed by atoms with Gasteiger partial charge in [0.2, 0.25) is 0 Å². The maximum absolute atomic E-state index is 6.54. The third-order valence-corrected chi connectivity index (χ3v) is 11.5. The number of hydrogen-bond donors (Lipinski definition) is 0. The first-order chi connectivity index (χ1) is 29.5. The number of anilines is 4. The van der Waals surface area contributed by atoms with Crippen molar-refractivity contribution in [3.8, 4) is 39.7 Å². The van der Waals surface area contributed by atoms with Gasteiger partial charge in [0.15, 0.2) is 0 Å². The molecule has 9 aromatic rings. The van der Waals surface area contributed by atoms with Gasteiger partial charge in [0.1, 0.15) is 11.7 Å². The molecule has 0 bridgehead atoms. The van der Waals surface area contributed by atoms with Gasteiger partial charge in [0.05, 0.1) is 0 Å². The van der Waals surface area contributed by atoms with Gasteiger partial charge in [0, 0.05) is 66.7 Å². The van der Waals surface area contributed by atoms with Crippen LogP contribution in [0.4, 0.5) is 22.7 Å². The smallest absolute Gasteiger partial charge is 0.135 e. The Morgan fingerprint density at radius 1 is 0.548 bits per heavy atom. The summed E-state index contributed by atoms with van der Waals surface area (Å²) in [5.41, 5.74) is 12.9. The van der Waals surface area contributed by atoms with E-state index in [0.29, 0.717) is 11.6 Å². The van der Waals surface area contributed by atoms with E-state index >= 15 is 0 Å². The molecule has 0 N–H and O–H groups in total. The Balaban J connectivity index is 0.00000490. The molecule has 0 saturated heterocycles. The van der Waals surface area contributed by atoms with Crippen molar-refractivity contribution in [3.63, 3.8) is 0 Å². The second-order valence-corrected chi connectivity index (χ2v) is 17.7. The van der Waals surface area contributed by atoms with E-state index in [1.54, 1.807) is 6.20 Å². The summed E-state index contributed by atoms with van der Waals surface area (Å²) in [6, 6.07) is 60.5. The summed E-state index contributed by atoms with van der Waals surface area (Å²) in [6.45, 7) is 15.7.